The van der Waals surface area contributed by atoms with Gasteiger partial charge < -0.3 is 10.1 Å². The summed E-state index contributed by atoms with van der Waals surface area (Å²) in [5.74, 6) is 0. The van der Waals surface area contributed by atoms with Crippen LogP contribution in [0.25, 0.3) is 0 Å². The maximum atomic E-state index is 6.23. The van der Waals surface area contributed by atoms with Gasteiger partial charge in [0.05, 0.1) is 12.3 Å². The molecule has 0 saturated carbocycles. The van der Waals surface area contributed by atoms with Gasteiger partial charge in [-0.05, 0) is 49.5 Å². The molecule has 0 aliphatic carbocycles. The molecule has 108 valence electrons. The van der Waals surface area contributed by atoms with E-state index in [0.29, 0.717) is 6.61 Å². The summed E-state index contributed by atoms with van der Waals surface area (Å²) in [6.07, 6.45) is 4.97. The molecule has 4 rings (SSSR count). The first-order valence-electron chi connectivity index (χ1n) is 7.73. The Kier molecular flexibility index (Phi) is 3.24. The second kappa shape index (κ2) is 5.24. The zero-order chi connectivity index (χ0) is 14.1. The fourth-order valence-corrected chi connectivity index (χ4v) is 3.56. The minimum Gasteiger partial charge on any atom is -0.364 e. The Morgan fingerprint density at radius 2 is 1.90 bits per heavy atom. The molecule has 2 aliphatic rings. The van der Waals surface area contributed by atoms with Crippen LogP contribution in [-0.4, -0.2) is 18.1 Å². The minimum absolute atomic E-state index is 0.132. The van der Waals surface area contributed by atoms with Crippen LogP contribution in [0.1, 0.15) is 35.2 Å². The molecule has 0 radical (unpaired) electrons. The summed E-state index contributed by atoms with van der Waals surface area (Å²) in [5, 5.41) is 3.41. The molecule has 1 N–H and O–H groups in total. The normalized spacial score (nSPS) is 19.6. The van der Waals surface area contributed by atoms with E-state index in [1.54, 1.807) is 0 Å². The van der Waals surface area contributed by atoms with Crippen LogP contribution in [0.15, 0.2) is 42.6 Å². The van der Waals surface area contributed by atoms with E-state index in [0.717, 1.165) is 32.4 Å². The second-order valence-corrected chi connectivity index (χ2v) is 5.99. The molecule has 3 heteroatoms. The smallest absolute Gasteiger partial charge is 0.113 e. The number of piperidine rings is 1. The molecule has 2 aromatic rings. The van der Waals surface area contributed by atoms with Crippen molar-refractivity contribution in [2.75, 3.05) is 13.1 Å². The third kappa shape index (κ3) is 2.27. The van der Waals surface area contributed by atoms with Crippen LogP contribution in [0.2, 0.25) is 0 Å². The number of pyridine rings is 1. The van der Waals surface area contributed by atoms with Gasteiger partial charge in [0.2, 0.25) is 0 Å². The summed E-state index contributed by atoms with van der Waals surface area (Å²) in [7, 11) is 0. The fraction of sp³-hybridized carbons (Fsp3) is 0.389. The molecule has 3 heterocycles. The lowest BCUT2D eigenvalue weighted by atomic mass is 9.86. The molecule has 2 aliphatic heterocycles. The monoisotopic (exact) mass is 280 g/mol. The van der Waals surface area contributed by atoms with E-state index in [9.17, 15) is 0 Å². The van der Waals surface area contributed by atoms with Crippen LogP contribution in [0.5, 0.6) is 0 Å². The summed E-state index contributed by atoms with van der Waals surface area (Å²) in [5.41, 5.74) is 5.09. The van der Waals surface area contributed by atoms with E-state index < -0.39 is 0 Å². The van der Waals surface area contributed by atoms with E-state index >= 15 is 0 Å². The van der Waals surface area contributed by atoms with E-state index in [2.05, 4.69) is 46.7 Å². The first-order chi connectivity index (χ1) is 10.4. The number of hydrogen-bond donors (Lipinski definition) is 1. The number of fused-ring (bicyclic) bond motifs is 2. The lowest BCUT2D eigenvalue weighted by Gasteiger charge is -2.33. The number of benzene rings is 1. The van der Waals surface area contributed by atoms with Gasteiger partial charge in [0, 0.05) is 11.8 Å². The Morgan fingerprint density at radius 3 is 2.71 bits per heavy atom. The minimum atomic E-state index is -0.132. The van der Waals surface area contributed by atoms with E-state index in [4.69, 9.17) is 4.74 Å². The standard InChI is InChI=1S/C18H20N2O/c1-2-4-14(5-3-1)12-15-6-9-20-17-16(15)13-21-18(17)7-10-19-11-8-18/h1-6,9,19H,7-8,10-13H2. The van der Waals surface area contributed by atoms with Crippen molar-refractivity contribution in [3.05, 3.63) is 65.0 Å². The number of hydrogen-bond acceptors (Lipinski definition) is 3. The Hall–Kier alpha value is -1.71. The topological polar surface area (TPSA) is 34.1 Å². The maximum absolute atomic E-state index is 6.23. The molecule has 0 amide bonds. The first kappa shape index (κ1) is 13.0. The van der Waals surface area contributed by atoms with Crippen molar-refractivity contribution in [3.8, 4) is 0 Å². The van der Waals surface area contributed by atoms with Gasteiger partial charge in [-0.25, -0.2) is 0 Å². The number of aromatic nitrogens is 1. The van der Waals surface area contributed by atoms with Crippen LogP contribution >= 0.6 is 0 Å². The van der Waals surface area contributed by atoms with E-state index in [-0.39, 0.29) is 5.60 Å². The van der Waals surface area contributed by atoms with Crippen LogP contribution in [-0.2, 0) is 23.4 Å². The summed E-state index contributed by atoms with van der Waals surface area (Å²) in [6.45, 7) is 2.75. The molecule has 3 nitrogen and oxygen atoms in total. The SMILES string of the molecule is c1ccc(Cc2ccnc3c2COC32CCNCC2)cc1. The highest BCUT2D eigenvalue weighted by Gasteiger charge is 2.43. The van der Waals surface area contributed by atoms with Crippen molar-refractivity contribution >= 4 is 0 Å². The van der Waals surface area contributed by atoms with Gasteiger partial charge in [-0.1, -0.05) is 30.3 Å². The number of nitrogens with one attached hydrogen (secondary N) is 1. The zero-order valence-corrected chi connectivity index (χ0v) is 12.1. The van der Waals surface area contributed by atoms with Crippen LogP contribution in [0, 0.1) is 0 Å². The van der Waals surface area contributed by atoms with Gasteiger partial charge in [0.25, 0.3) is 0 Å². The average Bonchev–Trinajstić information content (AvgIpc) is 2.89. The quantitative estimate of drug-likeness (QED) is 0.918. The Balaban J connectivity index is 1.69. The maximum Gasteiger partial charge on any atom is 0.113 e. The van der Waals surface area contributed by atoms with E-state index in [1.165, 1.54) is 22.4 Å². The second-order valence-electron chi connectivity index (χ2n) is 5.99. The fourth-order valence-electron chi connectivity index (χ4n) is 3.56. The molecule has 1 spiro atoms. The molecule has 0 unspecified atom stereocenters. The van der Waals surface area contributed by atoms with Crippen LogP contribution < -0.4 is 5.32 Å². The van der Waals surface area contributed by atoms with Crippen molar-refractivity contribution in [2.45, 2.75) is 31.5 Å². The zero-order valence-electron chi connectivity index (χ0n) is 12.1. The highest BCUT2D eigenvalue weighted by Crippen LogP contribution is 2.42. The lowest BCUT2D eigenvalue weighted by Crippen LogP contribution is -2.40. The molecular formula is C18H20N2O. The third-order valence-corrected chi connectivity index (χ3v) is 4.73. The highest BCUT2D eigenvalue weighted by molar-refractivity contribution is 5.39. The van der Waals surface area contributed by atoms with E-state index in [1.807, 2.05) is 6.20 Å². The molecule has 1 saturated heterocycles. The molecule has 1 aromatic carbocycles. The van der Waals surface area contributed by atoms with Crippen molar-refractivity contribution in [1.82, 2.24) is 10.3 Å². The van der Waals surface area contributed by atoms with Gasteiger partial charge in [0.15, 0.2) is 0 Å². The van der Waals surface area contributed by atoms with Crippen molar-refractivity contribution in [3.63, 3.8) is 0 Å². The summed E-state index contributed by atoms with van der Waals surface area (Å²) < 4.78 is 6.23. The number of ether oxygens (including phenoxy) is 1. The largest absolute Gasteiger partial charge is 0.364 e. The summed E-state index contributed by atoms with van der Waals surface area (Å²) in [6, 6.07) is 12.8. The molecular weight excluding hydrogens is 260 g/mol. The predicted octanol–water partition coefficient (Wildman–Crippen LogP) is 2.78. The predicted molar refractivity (Wildman–Crippen MR) is 82.1 cm³/mol. The molecule has 0 bridgehead atoms. The van der Waals surface area contributed by atoms with Gasteiger partial charge in [-0.15, -0.1) is 0 Å². The van der Waals surface area contributed by atoms with Crippen molar-refractivity contribution < 1.29 is 4.74 Å². The first-order valence-corrected chi connectivity index (χ1v) is 7.73. The third-order valence-electron chi connectivity index (χ3n) is 4.73. The van der Waals surface area contributed by atoms with Crippen LogP contribution in [0.3, 0.4) is 0 Å². The number of nitrogens with zero attached hydrogens (tertiary/aromatic N) is 1. The Labute approximate surface area is 125 Å². The Morgan fingerprint density at radius 1 is 1.10 bits per heavy atom. The molecule has 1 aromatic heterocycles. The Bertz CT molecular complexity index is 633. The molecule has 0 atom stereocenters. The van der Waals surface area contributed by atoms with Gasteiger partial charge in [0.1, 0.15) is 5.60 Å². The van der Waals surface area contributed by atoms with Crippen molar-refractivity contribution in [2.24, 2.45) is 0 Å². The van der Waals surface area contributed by atoms with Gasteiger partial charge in [-0.3, -0.25) is 4.98 Å². The molecule has 1 fully saturated rings. The average molecular weight is 280 g/mol. The van der Waals surface area contributed by atoms with Gasteiger partial charge in [-0.2, -0.15) is 0 Å². The summed E-state index contributed by atoms with van der Waals surface area (Å²) in [4.78, 5) is 4.69. The van der Waals surface area contributed by atoms with Gasteiger partial charge >= 0.3 is 0 Å². The highest BCUT2D eigenvalue weighted by atomic mass is 16.5. The van der Waals surface area contributed by atoms with Crippen LogP contribution in [0.4, 0.5) is 0 Å². The summed E-state index contributed by atoms with van der Waals surface area (Å²) >= 11 is 0. The lowest BCUT2D eigenvalue weighted by molar-refractivity contribution is -0.0612. The van der Waals surface area contributed by atoms with Crippen molar-refractivity contribution in [1.29, 1.82) is 0 Å². The molecule has 21 heavy (non-hydrogen) atoms. The number of rotatable bonds is 2.